The predicted octanol–water partition coefficient (Wildman–Crippen LogP) is 4.83. The molecule has 1 aromatic carbocycles. The Bertz CT molecular complexity index is 635. The van der Waals surface area contributed by atoms with Crippen LogP contribution in [0.2, 0.25) is 0 Å². The van der Waals surface area contributed by atoms with Gasteiger partial charge in [-0.05, 0) is 37.0 Å². The molecule has 0 saturated heterocycles. The van der Waals surface area contributed by atoms with Crippen molar-refractivity contribution < 1.29 is 9.53 Å². The van der Waals surface area contributed by atoms with E-state index < -0.39 is 5.60 Å². The number of carbonyl (C=O) groups is 1. The van der Waals surface area contributed by atoms with Crippen molar-refractivity contribution in [2.24, 2.45) is 0 Å². The standard InChI is InChI=1S/C15H16INO2/c1-15(2,3)19-14(18)17-10-11(8-9-16)12-6-4-5-7-13(12)17/h4-10H,1-3H3. The van der Waals surface area contributed by atoms with Crippen molar-refractivity contribution in [1.82, 2.24) is 4.57 Å². The summed E-state index contributed by atoms with van der Waals surface area (Å²) >= 11 is 2.17. The van der Waals surface area contributed by atoms with Crippen LogP contribution in [0.3, 0.4) is 0 Å². The van der Waals surface area contributed by atoms with Crippen molar-refractivity contribution in [3.05, 3.63) is 40.1 Å². The summed E-state index contributed by atoms with van der Waals surface area (Å²) in [7, 11) is 0. The second-order valence-corrected chi connectivity index (χ2v) is 5.96. The predicted molar refractivity (Wildman–Crippen MR) is 86.6 cm³/mol. The van der Waals surface area contributed by atoms with Gasteiger partial charge in [0.2, 0.25) is 0 Å². The number of hydrogen-bond acceptors (Lipinski definition) is 2. The van der Waals surface area contributed by atoms with Crippen molar-refractivity contribution in [1.29, 1.82) is 0 Å². The Morgan fingerprint density at radius 2 is 2.00 bits per heavy atom. The third-order valence-electron chi connectivity index (χ3n) is 2.58. The number of benzene rings is 1. The lowest BCUT2D eigenvalue weighted by atomic mass is 10.2. The molecular weight excluding hydrogens is 353 g/mol. The molecule has 0 saturated carbocycles. The molecule has 0 fully saturated rings. The number of fused-ring (bicyclic) bond motifs is 1. The number of ether oxygens (including phenoxy) is 1. The molecule has 1 aromatic heterocycles. The van der Waals surface area contributed by atoms with Crippen LogP contribution in [0, 0.1) is 0 Å². The molecule has 1 heterocycles. The van der Waals surface area contributed by atoms with Crippen molar-refractivity contribution in [2.75, 3.05) is 0 Å². The third kappa shape index (κ3) is 3.18. The zero-order valence-electron chi connectivity index (χ0n) is 11.2. The fraction of sp³-hybridized carbons (Fsp3) is 0.267. The summed E-state index contributed by atoms with van der Waals surface area (Å²) in [5.74, 6) is 0. The van der Waals surface area contributed by atoms with Crippen molar-refractivity contribution >= 4 is 45.7 Å². The molecule has 0 bridgehead atoms. The van der Waals surface area contributed by atoms with Crippen LogP contribution >= 0.6 is 22.6 Å². The van der Waals surface area contributed by atoms with E-state index in [2.05, 4.69) is 22.6 Å². The smallest absolute Gasteiger partial charge is 0.419 e. The van der Waals surface area contributed by atoms with E-state index in [0.717, 1.165) is 16.5 Å². The highest BCUT2D eigenvalue weighted by atomic mass is 127. The van der Waals surface area contributed by atoms with Gasteiger partial charge in [-0.2, -0.15) is 0 Å². The molecular formula is C15H16INO2. The lowest BCUT2D eigenvalue weighted by molar-refractivity contribution is 0.0544. The topological polar surface area (TPSA) is 31.2 Å². The Kier molecular flexibility index (Phi) is 3.99. The van der Waals surface area contributed by atoms with Crippen LogP contribution in [-0.2, 0) is 4.74 Å². The van der Waals surface area contributed by atoms with E-state index in [1.54, 1.807) is 4.57 Å². The minimum Gasteiger partial charge on any atom is -0.443 e. The molecule has 2 rings (SSSR count). The van der Waals surface area contributed by atoms with Crippen molar-refractivity contribution in [3.8, 4) is 0 Å². The van der Waals surface area contributed by atoms with Crippen LogP contribution < -0.4 is 0 Å². The summed E-state index contributed by atoms with van der Waals surface area (Å²) < 4.78 is 8.91. The van der Waals surface area contributed by atoms with Gasteiger partial charge < -0.3 is 4.74 Å². The first-order valence-electron chi connectivity index (χ1n) is 6.02. The summed E-state index contributed by atoms with van der Waals surface area (Å²) in [6.07, 6.45) is 3.44. The molecule has 0 radical (unpaired) electrons. The molecule has 0 aliphatic heterocycles. The maximum absolute atomic E-state index is 12.2. The van der Waals surface area contributed by atoms with Gasteiger partial charge in [0.1, 0.15) is 5.60 Å². The Morgan fingerprint density at radius 1 is 1.32 bits per heavy atom. The number of rotatable bonds is 1. The maximum Gasteiger partial charge on any atom is 0.419 e. The number of hydrogen-bond donors (Lipinski definition) is 0. The van der Waals surface area contributed by atoms with Gasteiger partial charge in [-0.3, -0.25) is 4.57 Å². The van der Waals surface area contributed by atoms with E-state index >= 15 is 0 Å². The number of nitrogens with zero attached hydrogens (tertiary/aromatic N) is 1. The van der Waals surface area contributed by atoms with Gasteiger partial charge in [-0.1, -0.05) is 40.8 Å². The van der Waals surface area contributed by atoms with E-state index in [4.69, 9.17) is 4.74 Å². The van der Waals surface area contributed by atoms with Crippen LogP contribution in [0.15, 0.2) is 34.5 Å². The van der Waals surface area contributed by atoms with Gasteiger partial charge in [-0.15, -0.1) is 0 Å². The van der Waals surface area contributed by atoms with E-state index in [1.165, 1.54) is 0 Å². The Morgan fingerprint density at radius 3 is 2.63 bits per heavy atom. The molecule has 0 aliphatic rings. The lowest BCUT2D eigenvalue weighted by Gasteiger charge is -2.19. The molecule has 0 amide bonds. The van der Waals surface area contributed by atoms with Crippen LogP contribution in [0.25, 0.3) is 17.0 Å². The first-order valence-corrected chi connectivity index (χ1v) is 7.27. The molecule has 3 nitrogen and oxygen atoms in total. The highest BCUT2D eigenvalue weighted by Crippen LogP contribution is 2.24. The fourth-order valence-electron chi connectivity index (χ4n) is 1.87. The molecule has 0 atom stereocenters. The van der Waals surface area contributed by atoms with Gasteiger partial charge in [-0.25, -0.2) is 4.79 Å². The minimum atomic E-state index is -0.498. The first kappa shape index (κ1) is 14.1. The summed E-state index contributed by atoms with van der Waals surface area (Å²) in [6.45, 7) is 5.59. The summed E-state index contributed by atoms with van der Waals surface area (Å²) in [5, 5.41) is 1.04. The van der Waals surface area contributed by atoms with Crippen LogP contribution in [-0.4, -0.2) is 16.3 Å². The quantitative estimate of drug-likeness (QED) is 0.675. The van der Waals surface area contributed by atoms with E-state index in [-0.39, 0.29) is 6.09 Å². The van der Waals surface area contributed by atoms with Gasteiger partial charge in [0.05, 0.1) is 5.52 Å². The Labute approximate surface area is 126 Å². The minimum absolute atomic E-state index is 0.350. The molecule has 2 aromatic rings. The number of aromatic nitrogens is 1. The highest BCUT2D eigenvalue weighted by Gasteiger charge is 2.19. The van der Waals surface area contributed by atoms with E-state index in [0.29, 0.717) is 0 Å². The normalized spacial score (nSPS) is 12.2. The SMILES string of the molecule is CC(C)(C)OC(=O)n1cc(C=CI)c2ccccc21. The van der Waals surface area contributed by atoms with Crippen molar-refractivity contribution in [2.45, 2.75) is 26.4 Å². The van der Waals surface area contributed by atoms with Gasteiger partial charge in [0.15, 0.2) is 0 Å². The van der Waals surface area contributed by atoms with Crippen LogP contribution in [0.4, 0.5) is 4.79 Å². The largest absolute Gasteiger partial charge is 0.443 e. The molecule has 0 aliphatic carbocycles. The number of para-hydroxylation sites is 1. The van der Waals surface area contributed by atoms with Gasteiger partial charge >= 0.3 is 6.09 Å². The highest BCUT2D eigenvalue weighted by molar-refractivity contribution is 14.1. The molecule has 0 spiro atoms. The number of carbonyl (C=O) groups excluding carboxylic acids is 1. The maximum atomic E-state index is 12.2. The monoisotopic (exact) mass is 369 g/mol. The van der Waals surface area contributed by atoms with E-state index in [9.17, 15) is 4.79 Å². The van der Waals surface area contributed by atoms with Crippen LogP contribution in [0.1, 0.15) is 26.3 Å². The summed E-state index contributed by atoms with van der Waals surface area (Å²) in [4.78, 5) is 12.2. The zero-order valence-corrected chi connectivity index (χ0v) is 13.3. The lowest BCUT2D eigenvalue weighted by Crippen LogP contribution is -2.26. The average molecular weight is 369 g/mol. The molecule has 4 heteroatoms. The van der Waals surface area contributed by atoms with E-state index in [1.807, 2.05) is 61.4 Å². The molecule has 100 valence electrons. The molecule has 19 heavy (non-hydrogen) atoms. The van der Waals surface area contributed by atoms with Gasteiger partial charge in [0, 0.05) is 17.1 Å². The summed E-state index contributed by atoms with van der Waals surface area (Å²) in [6, 6.07) is 7.80. The second kappa shape index (κ2) is 5.36. The fourth-order valence-corrected chi connectivity index (χ4v) is 2.26. The Hall–Kier alpha value is -1.30. The third-order valence-corrected chi connectivity index (χ3v) is 2.94. The van der Waals surface area contributed by atoms with Crippen LogP contribution in [0.5, 0.6) is 0 Å². The summed E-state index contributed by atoms with van der Waals surface area (Å²) in [5.41, 5.74) is 1.37. The second-order valence-electron chi connectivity index (χ2n) is 5.24. The Balaban J connectivity index is 2.52. The first-order chi connectivity index (χ1) is 8.92. The number of halogens is 1. The van der Waals surface area contributed by atoms with Gasteiger partial charge in [0.25, 0.3) is 0 Å². The molecule has 0 unspecified atom stereocenters. The average Bonchev–Trinajstić information content (AvgIpc) is 2.67. The molecule has 0 N–H and O–H groups in total. The van der Waals surface area contributed by atoms with Crippen molar-refractivity contribution in [3.63, 3.8) is 0 Å². The zero-order chi connectivity index (χ0) is 14.0.